The van der Waals surface area contributed by atoms with Crippen molar-refractivity contribution in [3.63, 3.8) is 0 Å². The minimum absolute atomic E-state index is 0.0862. The smallest absolute Gasteiger partial charge is 0.0708 e. The van der Waals surface area contributed by atoms with E-state index in [-0.39, 0.29) is 11.1 Å². The first-order valence-electron chi connectivity index (χ1n) is 6.50. The van der Waals surface area contributed by atoms with Gasteiger partial charge < -0.3 is 14.8 Å². The zero-order chi connectivity index (χ0) is 11.6. The van der Waals surface area contributed by atoms with Gasteiger partial charge in [0.25, 0.3) is 0 Å². The van der Waals surface area contributed by atoms with E-state index >= 15 is 0 Å². The van der Waals surface area contributed by atoms with Crippen LogP contribution in [0.1, 0.15) is 46.5 Å². The molecule has 0 aliphatic carbocycles. The van der Waals surface area contributed by atoms with E-state index in [0.29, 0.717) is 6.10 Å². The van der Waals surface area contributed by atoms with E-state index in [4.69, 9.17) is 9.47 Å². The van der Waals surface area contributed by atoms with Crippen molar-refractivity contribution in [2.45, 2.75) is 63.7 Å². The molecule has 0 aromatic carbocycles. The van der Waals surface area contributed by atoms with Gasteiger partial charge in [-0.05, 0) is 46.5 Å². The highest BCUT2D eigenvalue weighted by Crippen LogP contribution is 2.29. The van der Waals surface area contributed by atoms with Crippen molar-refractivity contribution in [2.24, 2.45) is 0 Å². The summed E-state index contributed by atoms with van der Waals surface area (Å²) in [5.74, 6) is 0. The summed E-state index contributed by atoms with van der Waals surface area (Å²) in [6.45, 7) is 9.43. The van der Waals surface area contributed by atoms with Crippen molar-refractivity contribution in [3.8, 4) is 0 Å². The third-order valence-electron chi connectivity index (χ3n) is 3.91. The van der Waals surface area contributed by atoms with Crippen LogP contribution in [-0.2, 0) is 9.47 Å². The van der Waals surface area contributed by atoms with Gasteiger partial charge in [-0.15, -0.1) is 0 Å². The molecule has 0 spiro atoms. The van der Waals surface area contributed by atoms with Crippen LogP contribution >= 0.6 is 0 Å². The van der Waals surface area contributed by atoms with Crippen molar-refractivity contribution in [3.05, 3.63) is 0 Å². The fourth-order valence-electron chi connectivity index (χ4n) is 2.58. The lowest BCUT2D eigenvalue weighted by Gasteiger charge is -2.35. The van der Waals surface area contributed by atoms with Gasteiger partial charge in [0, 0.05) is 25.3 Å². The molecule has 3 nitrogen and oxygen atoms in total. The van der Waals surface area contributed by atoms with E-state index in [0.717, 1.165) is 32.6 Å². The maximum atomic E-state index is 5.99. The molecule has 3 heteroatoms. The molecule has 0 saturated carbocycles. The van der Waals surface area contributed by atoms with E-state index < -0.39 is 0 Å². The fourth-order valence-corrected chi connectivity index (χ4v) is 2.58. The van der Waals surface area contributed by atoms with Gasteiger partial charge in [-0.1, -0.05) is 0 Å². The molecule has 1 N–H and O–H groups in total. The maximum Gasteiger partial charge on any atom is 0.0708 e. The molecular weight excluding hydrogens is 202 g/mol. The summed E-state index contributed by atoms with van der Waals surface area (Å²) < 4.78 is 11.4. The minimum atomic E-state index is 0.0862. The molecule has 2 aliphatic heterocycles. The van der Waals surface area contributed by atoms with Crippen molar-refractivity contribution in [1.82, 2.24) is 5.32 Å². The molecule has 1 unspecified atom stereocenters. The van der Waals surface area contributed by atoms with Gasteiger partial charge >= 0.3 is 0 Å². The number of hydrogen-bond acceptors (Lipinski definition) is 3. The molecule has 0 radical (unpaired) electrons. The molecule has 94 valence electrons. The lowest BCUT2D eigenvalue weighted by atomic mass is 9.92. The van der Waals surface area contributed by atoms with E-state index in [1.165, 1.54) is 12.8 Å². The Kier molecular flexibility index (Phi) is 3.57. The van der Waals surface area contributed by atoms with Gasteiger partial charge in [-0.3, -0.25) is 0 Å². The Hall–Kier alpha value is -0.120. The van der Waals surface area contributed by atoms with Crippen LogP contribution in [0.5, 0.6) is 0 Å². The summed E-state index contributed by atoms with van der Waals surface area (Å²) in [4.78, 5) is 0. The molecule has 2 rings (SSSR count). The topological polar surface area (TPSA) is 30.5 Å². The van der Waals surface area contributed by atoms with Crippen LogP contribution < -0.4 is 5.32 Å². The van der Waals surface area contributed by atoms with Crippen molar-refractivity contribution < 1.29 is 9.47 Å². The van der Waals surface area contributed by atoms with Crippen molar-refractivity contribution in [1.29, 1.82) is 0 Å². The van der Waals surface area contributed by atoms with Gasteiger partial charge in [-0.2, -0.15) is 0 Å². The summed E-state index contributed by atoms with van der Waals surface area (Å²) in [6.07, 6.45) is 4.99. The van der Waals surface area contributed by atoms with Crippen LogP contribution in [-0.4, -0.2) is 37.0 Å². The third-order valence-corrected chi connectivity index (χ3v) is 3.91. The average molecular weight is 227 g/mol. The van der Waals surface area contributed by atoms with Gasteiger partial charge in [0.15, 0.2) is 0 Å². The average Bonchev–Trinajstić information content (AvgIpc) is 2.57. The van der Waals surface area contributed by atoms with Crippen LogP contribution in [0.15, 0.2) is 0 Å². The summed E-state index contributed by atoms with van der Waals surface area (Å²) in [6, 6.07) is 0. The second-order valence-electron chi connectivity index (χ2n) is 6.09. The predicted molar refractivity (Wildman–Crippen MR) is 64.6 cm³/mol. The Morgan fingerprint density at radius 1 is 1.12 bits per heavy atom. The lowest BCUT2D eigenvalue weighted by Crippen LogP contribution is -2.49. The molecule has 2 heterocycles. The molecule has 2 fully saturated rings. The first-order chi connectivity index (χ1) is 7.49. The molecule has 2 aliphatic rings. The van der Waals surface area contributed by atoms with Crippen LogP contribution in [0.4, 0.5) is 0 Å². The van der Waals surface area contributed by atoms with E-state index in [1.807, 2.05) is 0 Å². The van der Waals surface area contributed by atoms with Gasteiger partial charge in [0.05, 0.1) is 11.7 Å². The quantitative estimate of drug-likeness (QED) is 0.801. The molecule has 0 aromatic rings. The number of ether oxygens (including phenoxy) is 2. The van der Waals surface area contributed by atoms with Gasteiger partial charge in [-0.25, -0.2) is 0 Å². The predicted octanol–water partition coefficient (Wildman–Crippen LogP) is 2.10. The highest BCUT2D eigenvalue weighted by atomic mass is 16.5. The molecule has 2 saturated heterocycles. The molecular formula is C13H25NO2. The standard InChI is InChI=1S/C13H25NO2/c1-12(2)5-4-11(16-12)10-14-13(3)6-8-15-9-7-13/h11,14H,4-10H2,1-3H3. The summed E-state index contributed by atoms with van der Waals surface area (Å²) in [7, 11) is 0. The summed E-state index contributed by atoms with van der Waals surface area (Å²) in [5.41, 5.74) is 0.345. The van der Waals surface area contributed by atoms with Crippen LogP contribution in [0.2, 0.25) is 0 Å². The Morgan fingerprint density at radius 3 is 2.38 bits per heavy atom. The van der Waals surface area contributed by atoms with Crippen LogP contribution in [0.3, 0.4) is 0 Å². The second-order valence-corrected chi connectivity index (χ2v) is 6.09. The monoisotopic (exact) mass is 227 g/mol. The largest absolute Gasteiger partial charge is 0.381 e. The highest BCUT2D eigenvalue weighted by molar-refractivity contribution is 4.88. The molecule has 16 heavy (non-hydrogen) atoms. The maximum absolute atomic E-state index is 5.99. The molecule has 0 amide bonds. The van der Waals surface area contributed by atoms with Gasteiger partial charge in [0.2, 0.25) is 0 Å². The molecule has 0 bridgehead atoms. The fraction of sp³-hybridized carbons (Fsp3) is 1.00. The second kappa shape index (κ2) is 4.63. The summed E-state index contributed by atoms with van der Waals surface area (Å²) in [5, 5.41) is 3.67. The Morgan fingerprint density at radius 2 is 1.81 bits per heavy atom. The van der Waals surface area contributed by atoms with Crippen molar-refractivity contribution in [2.75, 3.05) is 19.8 Å². The molecule has 1 atom stereocenters. The molecule has 0 aromatic heterocycles. The van der Waals surface area contributed by atoms with Gasteiger partial charge in [0.1, 0.15) is 0 Å². The first-order valence-corrected chi connectivity index (χ1v) is 6.50. The zero-order valence-electron chi connectivity index (χ0n) is 10.8. The summed E-state index contributed by atoms with van der Waals surface area (Å²) >= 11 is 0. The minimum Gasteiger partial charge on any atom is -0.381 e. The van der Waals surface area contributed by atoms with Crippen LogP contribution in [0, 0.1) is 0 Å². The number of hydrogen-bond donors (Lipinski definition) is 1. The normalized spacial score (nSPS) is 32.8. The Balaban J connectivity index is 1.75. The Bertz CT molecular complexity index is 234. The van der Waals surface area contributed by atoms with Crippen LogP contribution in [0.25, 0.3) is 0 Å². The van der Waals surface area contributed by atoms with E-state index in [2.05, 4.69) is 26.1 Å². The lowest BCUT2D eigenvalue weighted by molar-refractivity contribution is -0.0219. The third kappa shape index (κ3) is 3.19. The van der Waals surface area contributed by atoms with Crippen molar-refractivity contribution >= 4 is 0 Å². The highest BCUT2D eigenvalue weighted by Gasteiger charge is 2.33. The SMILES string of the molecule is CC1(NCC2CCC(C)(C)O2)CCOCC1. The first kappa shape index (κ1) is 12.3. The zero-order valence-corrected chi connectivity index (χ0v) is 10.8. The number of rotatable bonds is 3. The van der Waals surface area contributed by atoms with E-state index in [1.54, 1.807) is 0 Å². The van der Waals surface area contributed by atoms with E-state index in [9.17, 15) is 0 Å². The Labute approximate surface area is 98.9 Å². The number of nitrogens with one attached hydrogen (secondary N) is 1.